The number of ether oxygens (including phenoxy) is 1. The highest BCUT2D eigenvalue weighted by Gasteiger charge is 2.18. The van der Waals surface area contributed by atoms with E-state index in [1.54, 1.807) is 30.8 Å². The monoisotopic (exact) mass is 409 g/mol. The normalized spacial score (nSPS) is 14.8. The number of hydrogen-bond acceptors (Lipinski definition) is 7. The fraction of sp³-hybridized carbons (Fsp3) is 0.381. The zero-order valence-corrected chi connectivity index (χ0v) is 17.3. The van der Waals surface area contributed by atoms with Crippen LogP contribution in [0.5, 0.6) is 5.75 Å². The zero-order chi connectivity index (χ0) is 20.4. The highest BCUT2D eigenvalue weighted by atomic mass is 32.2. The third-order valence-electron chi connectivity index (χ3n) is 4.69. The fourth-order valence-corrected chi connectivity index (χ4v) is 4.17. The van der Waals surface area contributed by atoms with Crippen molar-refractivity contribution in [3.8, 4) is 22.9 Å². The molecule has 0 aromatic carbocycles. The molecule has 1 aliphatic rings. The molecule has 7 nitrogen and oxygen atoms in total. The topological polar surface area (TPSA) is 86.7 Å². The van der Waals surface area contributed by atoms with Gasteiger partial charge in [0.25, 0.3) is 0 Å². The van der Waals surface area contributed by atoms with Gasteiger partial charge in [-0.1, -0.05) is 0 Å². The number of anilines is 1. The van der Waals surface area contributed by atoms with Crippen molar-refractivity contribution < 1.29 is 9.84 Å². The molecule has 0 atom stereocenters. The molecule has 0 unspecified atom stereocenters. The van der Waals surface area contributed by atoms with Gasteiger partial charge in [0.2, 0.25) is 0 Å². The van der Waals surface area contributed by atoms with Gasteiger partial charge in [0, 0.05) is 41.9 Å². The molecule has 1 saturated heterocycles. The molecule has 1 N–H and O–H groups in total. The first kappa shape index (κ1) is 19.6. The van der Waals surface area contributed by atoms with Gasteiger partial charge in [-0.15, -0.1) is 0 Å². The first-order valence-corrected chi connectivity index (χ1v) is 10.7. The number of fused-ring (bicyclic) bond motifs is 1. The Bertz CT molecular complexity index is 1040. The zero-order valence-electron chi connectivity index (χ0n) is 16.5. The Balaban J connectivity index is 1.72. The number of aliphatic hydroxyl groups is 1. The van der Waals surface area contributed by atoms with Crippen molar-refractivity contribution >= 4 is 23.1 Å². The summed E-state index contributed by atoms with van der Waals surface area (Å²) in [4.78, 5) is 6.95. The van der Waals surface area contributed by atoms with E-state index in [4.69, 9.17) is 4.74 Å². The van der Waals surface area contributed by atoms with E-state index in [2.05, 4.69) is 21.1 Å². The Labute approximate surface area is 173 Å². The predicted octanol–water partition coefficient (Wildman–Crippen LogP) is 2.97. The van der Waals surface area contributed by atoms with Gasteiger partial charge in [0.15, 0.2) is 0 Å². The van der Waals surface area contributed by atoms with Gasteiger partial charge in [-0.25, -0.2) is 9.50 Å². The molecule has 0 saturated carbocycles. The fourth-order valence-electron chi connectivity index (χ4n) is 3.26. The van der Waals surface area contributed by atoms with Crippen molar-refractivity contribution in [3.05, 3.63) is 42.4 Å². The number of rotatable bonds is 5. The second-order valence-corrected chi connectivity index (χ2v) is 8.88. The van der Waals surface area contributed by atoms with Crippen LogP contribution in [-0.2, 0) is 0 Å². The average molecular weight is 410 g/mol. The van der Waals surface area contributed by atoms with Gasteiger partial charge in [-0.05, 0) is 32.0 Å². The van der Waals surface area contributed by atoms with Crippen LogP contribution in [0.2, 0.25) is 0 Å². The standard InChI is InChI=1S/C21H23N5O2S/c1-21(2,27)14-28-17-9-18(20-16(10-22)12-24-26(20)13-17)15-3-4-19(23-11-15)25-5-7-29-8-6-25/h3-4,9,11-13,27H,5-8,14H2,1-2H3. The lowest BCUT2D eigenvalue weighted by Gasteiger charge is -2.27. The van der Waals surface area contributed by atoms with E-state index in [0.717, 1.165) is 41.5 Å². The number of pyridine rings is 2. The Morgan fingerprint density at radius 1 is 1.28 bits per heavy atom. The Kier molecular flexibility index (Phi) is 5.35. The quantitative estimate of drug-likeness (QED) is 0.693. The minimum atomic E-state index is -0.951. The summed E-state index contributed by atoms with van der Waals surface area (Å²) in [6.45, 7) is 5.53. The minimum absolute atomic E-state index is 0.147. The molecular weight excluding hydrogens is 386 g/mol. The number of nitrogens with zero attached hydrogens (tertiary/aromatic N) is 5. The highest BCUT2D eigenvalue weighted by molar-refractivity contribution is 7.99. The van der Waals surface area contributed by atoms with Crippen LogP contribution in [-0.4, -0.2) is 56.5 Å². The van der Waals surface area contributed by atoms with E-state index < -0.39 is 5.60 Å². The number of thioether (sulfide) groups is 1. The summed E-state index contributed by atoms with van der Waals surface area (Å²) >= 11 is 1.97. The molecule has 150 valence electrons. The van der Waals surface area contributed by atoms with Gasteiger partial charge in [0.05, 0.1) is 29.1 Å². The van der Waals surface area contributed by atoms with Crippen LogP contribution in [0.15, 0.2) is 36.8 Å². The summed E-state index contributed by atoms with van der Waals surface area (Å²) in [5.74, 6) is 3.77. The van der Waals surface area contributed by atoms with Gasteiger partial charge < -0.3 is 14.7 Å². The summed E-state index contributed by atoms with van der Waals surface area (Å²) in [7, 11) is 0. The van der Waals surface area contributed by atoms with Crippen molar-refractivity contribution in [1.29, 1.82) is 5.26 Å². The molecule has 0 spiro atoms. The van der Waals surface area contributed by atoms with Crippen molar-refractivity contribution in [2.75, 3.05) is 36.1 Å². The highest BCUT2D eigenvalue weighted by Crippen LogP contribution is 2.31. The molecule has 29 heavy (non-hydrogen) atoms. The Hall–Kier alpha value is -2.76. The van der Waals surface area contributed by atoms with Crippen LogP contribution >= 0.6 is 11.8 Å². The molecule has 3 aromatic heterocycles. The van der Waals surface area contributed by atoms with Gasteiger partial charge in [-0.2, -0.15) is 22.1 Å². The summed E-state index contributed by atoms with van der Waals surface area (Å²) in [6, 6.07) is 8.12. The molecule has 0 amide bonds. The maximum absolute atomic E-state index is 9.97. The van der Waals surface area contributed by atoms with Crippen molar-refractivity contribution in [2.45, 2.75) is 19.4 Å². The van der Waals surface area contributed by atoms with Crippen molar-refractivity contribution in [2.24, 2.45) is 0 Å². The molecule has 3 aromatic rings. The van der Waals surface area contributed by atoms with Crippen LogP contribution in [0.4, 0.5) is 5.82 Å². The maximum atomic E-state index is 9.97. The van der Waals surface area contributed by atoms with Gasteiger partial charge >= 0.3 is 0 Å². The van der Waals surface area contributed by atoms with Crippen LogP contribution in [0.25, 0.3) is 16.6 Å². The van der Waals surface area contributed by atoms with Crippen LogP contribution < -0.4 is 9.64 Å². The molecule has 4 heterocycles. The third kappa shape index (κ3) is 4.31. The number of aromatic nitrogens is 3. The lowest BCUT2D eigenvalue weighted by atomic mass is 10.1. The van der Waals surface area contributed by atoms with E-state index in [-0.39, 0.29) is 6.61 Å². The van der Waals surface area contributed by atoms with Crippen LogP contribution in [0.1, 0.15) is 19.4 Å². The summed E-state index contributed by atoms with van der Waals surface area (Å²) in [5.41, 5.74) is 1.96. The Morgan fingerprint density at radius 2 is 2.07 bits per heavy atom. The summed E-state index contributed by atoms with van der Waals surface area (Å²) in [5, 5.41) is 23.8. The summed E-state index contributed by atoms with van der Waals surface area (Å²) in [6.07, 6.45) is 5.10. The molecule has 1 aliphatic heterocycles. The second-order valence-electron chi connectivity index (χ2n) is 7.66. The molecule has 8 heteroatoms. The van der Waals surface area contributed by atoms with Crippen molar-refractivity contribution in [1.82, 2.24) is 14.6 Å². The molecule has 0 bridgehead atoms. The lowest BCUT2D eigenvalue weighted by Crippen LogP contribution is -2.32. The van der Waals surface area contributed by atoms with E-state index in [1.807, 2.05) is 36.2 Å². The van der Waals surface area contributed by atoms with Crippen molar-refractivity contribution in [3.63, 3.8) is 0 Å². The minimum Gasteiger partial charge on any atom is -0.489 e. The van der Waals surface area contributed by atoms with E-state index in [0.29, 0.717) is 16.8 Å². The third-order valence-corrected chi connectivity index (χ3v) is 5.64. The van der Waals surface area contributed by atoms with E-state index in [9.17, 15) is 10.4 Å². The molecule has 0 radical (unpaired) electrons. The van der Waals surface area contributed by atoms with Gasteiger partial charge in [-0.3, -0.25) is 0 Å². The predicted molar refractivity (Wildman–Crippen MR) is 114 cm³/mol. The second kappa shape index (κ2) is 7.93. The first-order chi connectivity index (χ1) is 13.9. The Morgan fingerprint density at radius 3 is 2.72 bits per heavy atom. The average Bonchev–Trinajstić information content (AvgIpc) is 3.15. The first-order valence-electron chi connectivity index (χ1n) is 9.50. The SMILES string of the molecule is CC(C)(O)COc1cc(-c2ccc(N3CCSCC3)nc2)c2c(C#N)cnn2c1. The molecule has 1 fully saturated rings. The summed E-state index contributed by atoms with van der Waals surface area (Å²) < 4.78 is 7.42. The molecule has 0 aliphatic carbocycles. The largest absolute Gasteiger partial charge is 0.489 e. The molecular formula is C21H23N5O2S. The van der Waals surface area contributed by atoms with Crippen LogP contribution in [0, 0.1) is 11.3 Å². The number of hydrogen-bond donors (Lipinski definition) is 1. The lowest BCUT2D eigenvalue weighted by molar-refractivity contribution is 0.0283. The van der Waals surface area contributed by atoms with Gasteiger partial charge in [0.1, 0.15) is 24.2 Å². The smallest absolute Gasteiger partial charge is 0.138 e. The maximum Gasteiger partial charge on any atom is 0.138 e. The molecule has 4 rings (SSSR count). The van der Waals surface area contributed by atoms with Crippen LogP contribution in [0.3, 0.4) is 0 Å². The van der Waals surface area contributed by atoms with E-state index >= 15 is 0 Å². The number of nitriles is 1. The van der Waals surface area contributed by atoms with E-state index in [1.165, 1.54) is 0 Å².